The van der Waals surface area contributed by atoms with Gasteiger partial charge in [-0.05, 0) is 38.8 Å². The first kappa shape index (κ1) is 8.55. The second-order valence-electron chi connectivity index (χ2n) is 4.17. The first-order chi connectivity index (χ1) is 5.97. The molecule has 12 heavy (non-hydrogen) atoms. The van der Waals surface area contributed by atoms with E-state index in [9.17, 15) is 0 Å². The Morgan fingerprint density at radius 1 is 0.667 bits per heavy atom. The minimum atomic E-state index is 1.36. The predicted octanol–water partition coefficient (Wildman–Crippen LogP) is 2.97. The minimum absolute atomic E-state index is 1.36. The summed E-state index contributed by atoms with van der Waals surface area (Å²) in [4.78, 5) is 2.67. The lowest BCUT2D eigenvalue weighted by molar-refractivity contribution is 0.202. The van der Waals surface area contributed by atoms with Crippen molar-refractivity contribution in [3.63, 3.8) is 0 Å². The van der Waals surface area contributed by atoms with Gasteiger partial charge in [0.2, 0.25) is 0 Å². The third-order valence-electron chi connectivity index (χ3n) is 3.23. The van der Waals surface area contributed by atoms with Gasteiger partial charge in [0.05, 0.1) is 0 Å². The molecule has 0 aromatic carbocycles. The lowest BCUT2D eigenvalue weighted by Crippen LogP contribution is -2.34. The zero-order valence-electron chi connectivity index (χ0n) is 8.02. The van der Waals surface area contributed by atoms with E-state index in [0.29, 0.717) is 0 Å². The summed E-state index contributed by atoms with van der Waals surface area (Å²) in [5, 5.41) is 0. The molecule has 2 aliphatic heterocycles. The summed E-state index contributed by atoms with van der Waals surface area (Å²) in [6, 6.07) is 1.78. The van der Waals surface area contributed by atoms with Gasteiger partial charge in [0.1, 0.15) is 0 Å². The molecule has 0 aromatic rings. The van der Waals surface area contributed by atoms with Crippen molar-refractivity contribution >= 4 is 0 Å². The lowest BCUT2D eigenvalue weighted by Gasteiger charge is -2.36. The molecule has 1 nitrogen and oxygen atoms in total. The topological polar surface area (TPSA) is 3.24 Å². The Bertz CT molecular complexity index is 117. The second kappa shape index (κ2) is 4.27. The van der Waals surface area contributed by atoms with Crippen LogP contribution in [0.4, 0.5) is 0 Å². The summed E-state index contributed by atoms with van der Waals surface area (Å²) in [5.41, 5.74) is 0. The van der Waals surface area contributed by atoms with Crippen LogP contribution in [0.1, 0.15) is 51.4 Å². The van der Waals surface area contributed by atoms with E-state index in [1.807, 2.05) is 0 Å². The molecule has 0 atom stereocenters. The van der Waals surface area contributed by atoms with Gasteiger partial charge >= 0.3 is 0 Å². The number of rotatable bonds is 0. The summed E-state index contributed by atoms with van der Waals surface area (Å²) in [6.45, 7) is 2.71. The molecule has 0 aromatic heterocycles. The van der Waals surface area contributed by atoms with Crippen LogP contribution in [0.25, 0.3) is 0 Å². The van der Waals surface area contributed by atoms with Gasteiger partial charge < -0.3 is 0 Å². The monoisotopic (exact) mass is 166 g/mol. The molecule has 1 radical (unpaired) electrons. The number of nitrogens with zero attached hydrogens (tertiary/aromatic N) is 1. The first-order valence-electron chi connectivity index (χ1n) is 5.56. The van der Waals surface area contributed by atoms with E-state index < -0.39 is 0 Å². The third kappa shape index (κ3) is 2.01. The molecule has 0 bridgehead atoms. The molecular weight excluding hydrogens is 146 g/mol. The van der Waals surface area contributed by atoms with Crippen LogP contribution in [0.5, 0.6) is 0 Å². The normalized spacial score (nSPS) is 29.0. The van der Waals surface area contributed by atoms with Gasteiger partial charge in [-0.15, -0.1) is 0 Å². The van der Waals surface area contributed by atoms with E-state index in [4.69, 9.17) is 0 Å². The molecule has 0 amide bonds. The Kier molecular flexibility index (Phi) is 3.04. The number of fused-ring (bicyclic) bond motifs is 1. The molecule has 0 saturated carbocycles. The molecule has 0 unspecified atom stereocenters. The quantitative estimate of drug-likeness (QED) is 0.535. The summed E-state index contributed by atoms with van der Waals surface area (Å²) in [5.74, 6) is 0. The Morgan fingerprint density at radius 3 is 2.08 bits per heavy atom. The molecule has 2 rings (SSSR count). The summed E-state index contributed by atoms with van der Waals surface area (Å²) in [7, 11) is 0. The summed E-state index contributed by atoms with van der Waals surface area (Å²) < 4.78 is 0. The van der Waals surface area contributed by atoms with Gasteiger partial charge in [-0.25, -0.2) is 0 Å². The Labute approximate surface area is 76.1 Å². The van der Waals surface area contributed by atoms with Crippen molar-refractivity contribution in [3.05, 3.63) is 6.04 Å². The standard InChI is InChI=1S/C11H20N/c1-2-5-9-12-10-6-4-8-11(12)7-3-1/h1-10H2. The van der Waals surface area contributed by atoms with Crippen molar-refractivity contribution in [2.24, 2.45) is 0 Å². The van der Waals surface area contributed by atoms with Crippen LogP contribution in [0.15, 0.2) is 0 Å². The highest BCUT2D eigenvalue weighted by Gasteiger charge is 2.23. The maximum Gasteiger partial charge on any atom is 0.0393 e. The SMILES string of the molecule is C1CCCN2CCCC[C]2CC1. The van der Waals surface area contributed by atoms with Gasteiger partial charge in [0.25, 0.3) is 0 Å². The minimum Gasteiger partial charge on any atom is -0.296 e. The molecule has 2 aliphatic rings. The highest BCUT2D eigenvalue weighted by molar-refractivity contribution is 4.93. The number of piperidine rings is 1. The van der Waals surface area contributed by atoms with E-state index in [1.165, 1.54) is 64.5 Å². The van der Waals surface area contributed by atoms with Gasteiger partial charge in [0, 0.05) is 6.04 Å². The highest BCUT2D eigenvalue weighted by Crippen LogP contribution is 2.30. The van der Waals surface area contributed by atoms with E-state index in [2.05, 4.69) is 4.90 Å². The van der Waals surface area contributed by atoms with Crippen LogP contribution >= 0.6 is 0 Å². The van der Waals surface area contributed by atoms with Crippen molar-refractivity contribution in [1.82, 2.24) is 4.90 Å². The largest absolute Gasteiger partial charge is 0.296 e. The highest BCUT2D eigenvalue weighted by atomic mass is 15.2. The van der Waals surface area contributed by atoms with Gasteiger partial charge in [-0.3, -0.25) is 4.90 Å². The molecule has 2 saturated heterocycles. The number of hydrogen-bond donors (Lipinski definition) is 0. The van der Waals surface area contributed by atoms with Gasteiger partial charge in [-0.1, -0.05) is 25.7 Å². The maximum absolute atomic E-state index is 2.67. The van der Waals surface area contributed by atoms with Crippen LogP contribution in [-0.4, -0.2) is 18.0 Å². The van der Waals surface area contributed by atoms with Gasteiger partial charge in [-0.2, -0.15) is 0 Å². The number of hydrogen-bond acceptors (Lipinski definition) is 1. The zero-order valence-corrected chi connectivity index (χ0v) is 8.02. The van der Waals surface area contributed by atoms with Crippen molar-refractivity contribution in [2.45, 2.75) is 51.4 Å². The lowest BCUT2D eigenvalue weighted by atomic mass is 9.94. The maximum atomic E-state index is 2.67. The Hall–Kier alpha value is -0.0400. The first-order valence-corrected chi connectivity index (χ1v) is 5.56. The molecule has 1 heteroatoms. The Balaban J connectivity index is 1.89. The fourth-order valence-electron chi connectivity index (χ4n) is 2.49. The molecule has 0 spiro atoms. The third-order valence-corrected chi connectivity index (χ3v) is 3.23. The van der Waals surface area contributed by atoms with Crippen LogP contribution in [0.2, 0.25) is 0 Å². The Morgan fingerprint density at radius 2 is 1.25 bits per heavy atom. The fraction of sp³-hybridized carbons (Fsp3) is 0.909. The molecule has 0 N–H and O–H groups in total. The molecule has 0 aliphatic carbocycles. The van der Waals surface area contributed by atoms with E-state index in [0.717, 1.165) is 0 Å². The van der Waals surface area contributed by atoms with E-state index >= 15 is 0 Å². The molecule has 2 heterocycles. The molecule has 69 valence electrons. The summed E-state index contributed by atoms with van der Waals surface area (Å²) >= 11 is 0. The van der Waals surface area contributed by atoms with Crippen molar-refractivity contribution in [2.75, 3.05) is 13.1 Å². The van der Waals surface area contributed by atoms with Crippen molar-refractivity contribution < 1.29 is 0 Å². The molecule has 2 fully saturated rings. The summed E-state index contributed by atoms with van der Waals surface area (Å²) in [6.07, 6.45) is 11.5. The van der Waals surface area contributed by atoms with Crippen molar-refractivity contribution in [1.29, 1.82) is 0 Å². The zero-order chi connectivity index (χ0) is 8.23. The predicted molar refractivity (Wildman–Crippen MR) is 51.8 cm³/mol. The molecular formula is C11H20N. The van der Waals surface area contributed by atoms with Gasteiger partial charge in [0.15, 0.2) is 0 Å². The second-order valence-corrected chi connectivity index (χ2v) is 4.17. The van der Waals surface area contributed by atoms with Crippen molar-refractivity contribution in [3.8, 4) is 0 Å². The van der Waals surface area contributed by atoms with E-state index in [1.54, 1.807) is 6.04 Å². The van der Waals surface area contributed by atoms with E-state index in [-0.39, 0.29) is 0 Å². The fourth-order valence-corrected chi connectivity index (χ4v) is 2.49. The average Bonchev–Trinajstić information content (AvgIpc) is 2.06. The smallest absolute Gasteiger partial charge is 0.0393 e. The van der Waals surface area contributed by atoms with Crippen LogP contribution < -0.4 is 0 Å². The van der Waals surface area contributed by atoms with Crippen LogP contribution in [0, 0.1) is 6.04 Å². The van der Waals surface area contributed by atoms with Crippen LogP contribution in [-0.2, 0) is 0 Å². The van der Waals surface area contributed by atoms with Crippen LogP contribution in [0.3, 0.4) is 0 Å². The average molecular weight is 166 g/mol.